The van der Waals surface area contributed by atoms with Gasteiger partial charge >= 0.3 is 0 Å². The Morgan fingerprint density at radius 3 is 1.31 bits per heavy atom. The molecule has 0 aliphatic carbocycles. The third-order valence-electron chi connectivity index (χ3n) is 1.94. The molecule has 0 aromatic rings. The van der Waals surface area contributed by atoms with Gasteiger partial charge in [-0.15, -0.1) is 10.6 Å². The van der Waals surface area contributed by atoms with Crippen molar-refractivity contribution in [3.63, 3.8) is 0 Å². The van der Waals surface area contributed by atoms with Crippen molar-refractivity contribution in [2.75, 3.05) is 0 Å². The van der Waals surface area contributed by atoms with Crippen molar-refractivity contribution < 1.29 is 1.43 Å². The van der Waals surface area contributed by atoms with E-state index in [-0.39, 0.29) is 1.43 Å². The highest BCUT2D eigenvalue weighted by Crippen LogP contribution is 1.95. The maximum atomic E-state index is 2.27. The third kappa shape index (κ3) is 24.5. The molecule has 0 aliphatic heterocycles. The predicted octanol–water partition coefficient (Wildman–Crippen LogP) is 5.18. The van der Waals surface area contributed by atoms with Crippen molar-refractivity contribution in [1.29, 1.82) is 0 Å². The topological polar surface area (TPSA) is 0 Å². The Morgan fingerprint density at radius 2 is 1.08 bits per heavy atom. The minimum absolute atomic E-state index is 0. The molecule has 13 heavy (non-hydrogen) atoms. The summed E-state index contributed by atoms with van der Waals surface area (Å²) in [5, 5.41) is 3.02. The van der Waals surface area contributed by atoms with Gasteiger partial charge in [-0.25, -0.2) is 0 Å². The second kappa shape index (κ2) is 18.3. The minimum atomic E-state index is 0. The summed E-state index contributed by atoms with van der Waals surface area (Å²) in [5.74, 6) is 0. The molecule has 0 aliphatic rings. The molecule has 0 nitrogen and oxygen atoms in total. The lowest BCUT2D eigenvalue weighted by atomic mass is 10.2. The molecule has 0 aromatic carbocycles. The summed E-state index contributed by atoms with van der Waals surface area (Å²) < 4.78 is 0. The van der Waals surface area contributed by atoms with Gasteiger partial charge in [0.2, 0.25) is 0 Å². The second-order valence-corrected chi connectivity index (χ2v) is 5.31. The van der Waals surface area contributed by atoms with E-state index in [1.54, 1.807) is 0 Å². The standard InChI is InChI=1S/C6H14.2C3H7.Al.H2/c1-3-5-6-4-2;2*1-3-2;;/h3-6H2,1-2H3;2*1,3H2,2H3;;1H. The Bertz CT molecular complexity index is 59.3. The van der Waals surface area contributed by atoms with Crippen LogP contribution >= 0.6 is 0 Å². The van der Waals surface area contributed by atoms with E-state index >= 15 is 0 Å². The first-order valence-corrected chi connectivity index (χ1v) is 7.78. The van der Waals surface area contributed by atoms with Crippen molar-refractivity contribution in [2.45, 2.75) is 76.8 Å². The SMILES string of the molecule is CCCCCC.CC[CH2][Al][CH2]CC.[HH]. The summed E-state index contributed by atoms with van der Waals surface area (Å²) in [6.07, 6.45) is 8.33. The van der Waals surface area contributed by atoms with Crippen molar-refractivity contribution in [3.8, 4) is 0 Å². The van der Waals surface area contributed by atoms with Crippen molar-refractivity contribution >= 4 is 15.2 Å². The van der Waals surface area contributed by atoms with Crippen LogP contribution in [0, 0.1) is 0 Å². The van der Waals surface area contributed by atoms with Crippen LogP contribution in [0.5, 0.6) is 0 Å². The van der Waals surface area contributed by atoms with E-state index in [2.05, 4.69) is 27.7 Å². The number of hydrogen-bond donors (Lipinski definition) is 0. The van der Waals surface area contributed by atoms with Crippen molar-refractivity contribution in [2.24, 2.45) is 0 Å². The van der Waals surface area contributed by atoms with Crippen LogP contribution in [0.2, 0.25) is 10.6 Å². The summed E-state index contributed by atoms with van der Waals surface area (Å²) in [6.45, 7) is 9.00. The Kier molecular flexibility index (Phi) is 22.5. The normalized spacial score (nSPS) is 8.92. The van der Waals surface area contributed by atoms with Gasteiger partial charge < -0.3 is 0 Å². The molecule has 0 atom stereocenters. The van der Waals surface area contributed by atoms with E-state index in [0.717, 1.165) is 15.2 Å². The summed E-state index contributed by atoms with van der Waals surface area (Å²) >= 11 is 0.822. The van der Waals surface area contributed by atoms with Gasteiger partial charge in [0, 0.05) is 1.43 Å². The Hall–Kier alpha value is 0.532. The maximum Gasteiger partial charge on any atom is 0.199 e. The largest absolute Gasteiger partial charge is 0.199 e. The highest BCUT2D eigenvalue weighted by atomic mass is 27.1. The van der Waals surface area contributed by atoms with E-state index in [1.807, 2.05) is 0 Å². The summed E-state index contributed by atoms with van der Waals surface area (Å²) in [4.78, 5) is 0. The molecule has 0 rings (SSSR count). The molecule has 0 spiro atoms. The smallest absolute Gasteiger partial charge is 0.104 e. The van der Waals surface area contributed by atoms with Gasteiger partial charge in [0.15, 0.2) is 15.2 Å². The molecule has 1 radical (unpaired) electrons. The van der Waals surface area contributed by atoms with E-state index in [1.165, 1.54) is 49.1 Å². The quantitative estimate of drug-likeness (QED) is 0.393. The average Bonchev–Trinajstić information content (AvgIpc) is 2.17. The molecule has 0 saturated carbocycles. The fourth-order valence-electron chi connectivity index (χ4n) is 1.05. The van der Waals surface area contributed by atoms with Crippen molar-refractivity contribution in [3.05, 3.63) is 0 Å². The van der Waals surface area contributed by atoms with Crippen molar-refractivity contribution in [1.82, 2.24) is 0 Å². The van der Waals surface area contributed by atoms with E-state index in [4.69, 9.17) is 0 Å². The number of rotatable bonds is 7. The monoisotopic (exact) mass is 201 g/mol. The fourth-order valence-corrected chi connectivity index (χ4v) is 2.16. The molecule has 0 N–H and O–H groups in total. The molecular weight excluding hydrogens is 171 g/mol. The zero-order chi connectivity index (χ0) is 10.4. The number of hydrogen-bond acceptors (Lipinski definition) is 0. The van der Waals surface area contributed by atoms with Gasteiger partial charge in [-0.1, -0.05) is 66.2 Å². The maximum absolute atomic E-state index is 2.27. The highest BCUT2D eigenvalue weighted by Gasteiger charge is 1.84. The zero-order valence-corrected chi connectivity index (χ0v) is 11.4. The molecular formula is C12H30Al. The van der Waals surface area contributed by atoms with Crippen LogP contribution in [0.4, 0.5) is 0 Å². The molecule has 0 bridgehead atoms. The minimum Gasteiger partial charge on any atom is -0.104 e. The van der Waals surface area contributed by atoms with Gasteiger partial charge in [-0.3, -0.25) is 0 Å². The first-order chi connectivity index (χ1) is 6.33. The molecule has 0 unspecified atom stereocenters. The first-order valence-electron chi connectivity index (χ1n) is 6.14. The van der Waals surface area contributed by atoms with Gasteiger partial charge in [0.1, 0.15) is 0 Å². The van der Waals surface area contributed by atoms with Crippen LogP contribution in [0.25, 0.3) is 0 Å². The van der Waals surface area contributed by atoms with E-state index < -0.39 is 0 Å². The Morgan fingerprint density at radius 1 is 0.692 bits per heavy atom. The molecule has 0 amide bonds. The van der Waals surface area contributed by atoms with Crippen LogP contribution in [-0.2, 0) is 0 Å². The highest BCUT2D eigenvalue weighted by molar-refractivity contribution is 6.35. The summed E-state index contributed by atoms with van der Waals surface area (Å²) in [7, 11) is 0. The van der Waals surface area contributed by atoms with Crippen LogP contribution in [0.1, 0.15) is 67.6 Å². The Balaban J connectivity index is -0.000000163. The summed E-state index contributed by atoms with van der Waals surface area (Å²) in [6, 6.07) is 0. The summed E-state index contributed by atoms with van der Waals surface area (Å²) in [5.41, 5.74) is 0. The molecule has 0 heterocycles. The van der Waals surface area contributed by atoms with Crippen LogP contribution in [0.3, 0.4) is 0 Å². The predicted molar refractivity (Wildman–Crippen MR) is 67.9 cm³/mol. The fraction of sp³-hybridized carbons (Fsp3) is 1.00. The lowest BCUT2D eigenvalue weighted by molar-refractivity contribution is 0.702. The van der Waals surface area contributed by atoms with E-state index in [9.17, 15) is 0 Å². The lowest BCUT2D eigenvalue weighted by Crippen LogP contribution is -1.84. The van der Waals surface area contributed by atoms with Gasteiger partial charge in [0.25, 0.3) is 0 Å². The van der Waals surface area contributed by atoms with Crippen LogP contribution in [-0.4, -0.2) is 15.2 Å². The first kappa shape index (κ1) is 16.0. The van der Waals surface area contributed by atoms with Gasteiger partial charge in [-0.05, 0) is 0 Å². The number of unbranched alkanes of at least 4 members (excludes halogenated alkanes) is 3. The average molecular weight is 201 g/mol. The van der Waals surface area contributed by atoms with E-state index in [0.29, 0.717) is 0 Å². The third-order valence-corrected chi connectivity index (χ3v) is 3.91. The molecule has 0 saturated heterocycles. The zero-order valence-electron chi connectivity index (χ0n) is 10.2. The van der Waals surface area contributed by atoms with Gasteiger partial charge in [-0.2, -0.15) is 0 Å². The molecule has 0 fully saturated rings. The molecule has 0 aromatic heterocycles. The second-order valence-electron chi connectivity index (χ2n) is 3.57. The molecule has 1 heteroatoms. The van der Waals surface area contributed by atoms with Gasteiger partial charge in [0.05, 0.1) is 0 Å². The van der Waals surface area contributed by atoms with Crippen LogP contribution in [0.15, 0.2) is 0 Å². The Labute approximate surface area is 93.7 Å². The molecule has 81 valence electrons. The van der Waals surface area contributed by atoms with Crippen LogP contribution < -0.4 is 0 Å². The lowest BCUT2D eigenvalue weighted by Gasteiger charge is -1.87.